The van der Waals surface area contributed by atoms with Crippen LogP contribution in [-0.4, -0.2) is 29.0 Å². The van der Waals surface area contributed by atoms with Crippen LogP contribution in [0.2, 0.25) is 0 Å². The Bertz CT molecular complexity index is 664. The van der Waals surface area contributed by atoms with Crippen molar-refractivity contribution in [3.8, 4) is 0 Å². The van der Waals surface area contributed by atoms with Crippen molar-refractivity contribution in [1.82, 2.24) is 15.3 Å². The average molecular weight is 303 g/mol. The third-order valence-electron chi connectivity index (χ3n) is 2.95. The molecule has 0 spiro atoms. The molecule has 114 valence electrons. The Morgan fingerprint density at radius 3 is 2.82 bits per heavy atom. The van der Waals surface area contributed by atoms with Crippen LogP contribution in [-0.2, 0) is 9.53 Å². The van der Waals surface area contributed by atoms with E-state index in [0.717, 1.165) is 0 Å². The van der Waals surface area contributed by atoms with E-state index in [2.05, 4.69) is 20.0 Å². The third-order valence-corrected chi connectivity index (χ3v) is 2.95. The van der Waals surface area contributed by atoms with Gasteiger partial charge in [-0.15, -0.1) is 0 Å². The fourth-order valence-electron chi connectivity index (χ4n) is 1.87. The summed E-state index contributed by atoms with van der Waals surface area (Å²) in [6.07, 6.45) is 4.00. The Morgan fingerprint density at radius 2 is 2.18 bits per heavy atom. The first kappa shape index (κ1) is 15.6. The number of hydrogen-bond acceptors (Lipinski definition) is 5. The highest BCUT2D eigenvalue weighted by atomic mass is 19.1. The van der Waals surface area contributed by atoms with Gasteiger partial charge in [0.15, 0.2) is 0 Å². The van der Waals surface area contributed by atoms with E-state index in [-0.39, 0.29) is 12.1 Å². The standard InChI is InChI=1S/C15H14FN3O3/c1-22-14(20)8-12(10-3-2-4-11(16)7-10)19-15(21)13-9-17-5-6-18-13/h2-7,9,12H,8H2,1H3,(H,19,21). The van der Waals surface area contributed by atoms with E-state index in [1.54, 1.807) is 6.07 Å². The van der Waals surface area contributed by atoms with Crippen LogP contribution in [0.5, 0.6) is 0 Å². The Morgan fingerprint density at radius 1 is 1.36 bits per heavy atom. The van der Waals surface area contributed by atoms with Crippen molar-refractivity contribution in [3.63, 3.8) is 0 Å². The first-order valence-electron chi connectivity index (χ1n) is 6.49. The third kappa shape index (κ3) is 4.08. The second-order valence-electron chi connectivity index (χ2n) is 4.45. The van der Waals surface area contributed by atoms with Gasteiger partial charge in [0.05, 0.1) is 25.8 Å². The molecule has 0 aliphatic rings. The molecule has 1 aromatic carbocycles. The van der Waals surface area contributed by atoms with E-state index >= 15 is 0 Å². The van der Waals surface area contributed by atoms with Crippen LogP contribution in [0.15, 0.2) is 42.9 Å². The summed E-state index contributed by atoms with van der Waals surface area (Å²) in [5.74, 6) is -1.49. The number of amides is 1. The summed E-state index contributed by atoms with van der Waals surface area (Å²) in [6, 6.07) is 4.93. The lowest BCUT2D eigenvalue weighted by molar-refractivity contribution is -0.141. The molecule has 1 amide bonds. The molecule has 1 atom stereocenters. The molecule has 0 saturated heterocycles. The number of methoxy groups -OCH3 is 1. The van der Waals surface area contributed by atoms with Gasteiger partial charge >= 0.3 is 5.97 Å². The van der Waals surface area contributed by atoms with Gasteiger partial charge < -0.3 is 10.1 Å². The van der Waals surface area contributed by atoms with Gasteiger partial charge in [-0.1, -0.05) is 12.1 Å². The molecule has 22 heavy (non-hydrogen) atoms. The molecule has 1 N–H and O–H groups in total. The summed E-state index contributed by atoms with van der Waals surface area (Å²) in [5, 5.41) is 2.63. The zero-order valence-electron chi connectivity index (χ0n) is 11.8. The highest BCUT2D eigenvalue weighted by molar-refractivity contribution is 5.92. The van der Waals surface area contributed by atoms with E-state index < -0.39 is 23.7 Å². The molecule has 7 heteroatoms. The van der Waals surface area contributed by atoms with Crippen molar-refractivity contribution >= 4 is 11.9 Å². The van der Waals surface area contributed by atoms with Crippen LogP contribution in [0, 0.1) is 5.82 Å². The molecule has 2 aromatic rings. The second-order valence-corrected chi connectivity index (χ2v) is 4.45. The zero-order chi connectivity index (χ0) is 15.9. The van der Waals surface area contributed by atoms with Crippen molar-refractivity contribution in [1.29, 1.82) is 0 Å². The molecule has 0 aliphatic heterocycles. The Balaban J connectivity index is 2.21. The topological polar surface area (TPSA) is 81.2 Å². The van der Waals surface area contributed by atoms with E-state index in [1.165, 1.54) is 43.9 Å². The molecular weight excluding hydrogens is 289 g/mol. The number of ether oxygens (including phenoxy) is 1. The van der Waals surface area contributed by atoms with Crippen LogP contribution >= 0.6 is 0 Å². The van der Waals surface area contributed by atoms with Crippen molar-refractivity contribution in [2.75, 3.05) is 7.11 Å². The van der Waals surface area contributed by atoms with Crippen LogP contribution in [0.25, 0.3) is 0 Å². The molecular formula is C15H14FN3O3. The Labute approximate surface area is 126 Å². The number of nitrogens with zero attached hydrogens (tertiary/aromatic N) is 2. The van der Waals surface area contributed by atoms with Gasteiger partial charge in [-0.25, -0.2) is 9.37 Å². The van der Waals surface area contributed by atoms with Gasteiger partial charge in [0.25, 0.3) is 5.91 Å². The number of halogens is 1. The number of esters is 1. The maximum Gasteiger partial charge on any atom is 0.307 e. The summed E-state index contributed by atoms with van der Waals surface area (Å²) in [6.45, 7) is 0. The summed E-state index contributed by atoms with van der Waals surface area (Å²) >= 11 is 0. The summed E-state index contributed by atoms with van der Waals surface area (Å²) in [5.41, 5.74) is 0.566. The fourth-order valence-corrected chi connectivity index (χ4v) is 1.87. The number of hydrogen-bond donors (Lipinski definition) is 1. The lowest BCUT2D eigenvalue weighted by atomic mass is 10.0. The predicted octanol–water partition coefficient (Wildman–Crippen LogP) is 1.65. The minimum atomic E-state index is -0.724. The van der Waals surface area contributed by atoms with Gasteiger partial charge in [0.1, 0.15) is 11.5 Å². The highest BCUT2D eigenvalue weighted by Crippen LogP contribution is 2.19. The molecule has 0 radical (unpaired) electrons. The second kappa shape index (κ2) is 7.26. The molecule has 6 nitrogen and oxygen atoms in total. The van der Waals surface area contributed by atoms with Crippen molar-refractivity contribution < 1.29 is 18.7 Å². The van der Waals surface area contributed by atoms with Gasteiger partial charge in [-0.2, -0.15) is 0 Å². The van der Waals surface area contributed by atoms with Gasteiger partial charge in [0, 0.05) is 12.4 Å². The number of carbonyl (C=O) groups is 2. The SMILES string of the molecule is COC(=O)CC(NC(=O)c1cnccn1)c1cccc(F)c1. The quantitative estimate of drug-likeness (QED) is 0.849. The molecule has 0 fully saturated rings. The average Bonchev–Trinajstić information content (AvgIpc) is 2.54. The molecule has 1 aromatic heterocycles. The maximum atomic E-state index is 13.4. The highest BCUT2D eigenvalue weighted by Gasteiger charge is 2.20. The first-order valence-corrected chi connectivity index (χ1v) is 6.49. The van der Waals surface area contributed by atoms with E-state index in [0.29, 0.717) is 5.56 Å². The van der Waals surface area contributed by atoms with Gasteiger partial charge in [-0.3, -0.25) is 14.6 Å². The van der Waals surface area contributed by atoms with E-state index in [1.807, 2.05) is 0 Å². The largest absolute Gasteiger partial charge is 0.469 e. The first-order chi connectivity index (χ1) is 10.6. The Kier molecular flexibility index (Phi) is 5.13. The number of carbonyl (C=O) groups excluding carboxylic acids is 2. The van der Waals surface area contributed by atoms with E-state index in [9.17, 15) is 14.0 Å². The van der Waals surface area contributed by atoms with Crippen LogP contribution in [0.1, 0.15) is 28.5 Å². The van der Waals surface area contributed by atoms with Crippen molar-refractivity contribution in [2.24, 2.45) is 0 Å². The van der Waals surface area contributed by atoms with Crippen molar-refractivity contribution in [2.45, 2.75) is 12.5 Å². The number of rotatable bonds is 5. The smallest absolute Gasteiger partial charge is 0.307 e. The van der Waals surface area contributed by atoms with E-state index in [4.69, 9.17) is 0 Å². The lowest BCUT2D eigenvalue weighted by Gasteiger charge is -2.18. The maximum absolute atomic E-state index is 13.4. The summed E-state index contributed by atoms with van der Waals surface area (Å²) in [4.78, 5) is 31.3. The lowest BCUT2D eigenvalue weighted by Crippen LogP contribution is -2.31. The Hall–Kier alpha value is -2.83. The monoisotopic (exact) mass is 303 g/mol. The molecule has 0 aliphatic carbocycles. The zero-order valence-corrected chi connectivity index (χ0v) is 11.8. The van der Waals surface area contributed by atoms with Crippen LogP contribution < -0.4 is 5.32 Å². The van der Waals surface area contributed by atoms with Crippen LogP contribution in [0.3, 0.4) is 0 Å². The van der Waals surface area contributed by atoms with Crippen molar-refractivity contribution in [3.05, 3.63) is 59.9 Å². The summed E-state index contributed by atoms with van der Waals surface area (Å²) in [7, 11) is 1.25. The number of nitrogens with one attached hydrogen (secondary N) is 1. The van der Waals surface area contributed by atoms with Gasteiger partial charge in [-0.05, 0) is 17.7 Å². The van der Waals surface area contributed by atoms with Crippen LogP contribution in [0.4, 0.5) is 4.39 Å². The van der Waals surface area contributed by atoms with Gasteiger partial charge in [0.2, 0.25) is 0 Å². The molecule has 1 unspecified atom stereocenters. The number of aromatic nitrogens is 2. The number of benzene rings is 1. The summed E-state index contributed by atoms with van der Waals surface area (Å²) < 4.78 is 18.0. The molecule has 0 bridgehead atoms. The minimum Gasteiger partial charge on any atom is -0.469 e. The molecule has 1 heterocycles. The minimum absolute atomic E-state index is 0.105. The fraction of sp³-hybridized carbons (Fsp3) is 0.200. The molecule has 2 rings (SSSR count). The predicted molar refractivity (Wildman–Crippen MR) is 75.3 cm³/mol. The molecule has 0 saturated carbocycles. The normalized spacial score (nSPS) is 11.5.